The Hall–Kier alpha value is -3.46. The van der Waals surface area contributed by atoms with Crippen molar-refractivity contribution >= 4 is 23.6 Å². The highest BCUT2D eigenvalue weighted by molar-refractivity contribution is 6.32. The quantitative estimate of drug-likeness (QED) is 0.619. The molecule has 0 unspecified atom stereocenters. The van der Waals surface area contributed by atoms with Crippen LogP contribution in [0.15, 0.2) is 48.8 Å². The highest BCUT2D eigenvalue weighted by atomic mass is 35.5. The Morgan fingerprint density at radius 3 is 2.48 bits per heavy atom. The number of halogens is 1. The Morgan fingerprint density at radius 2 is 1.81 bits per heavy atom. The molecule has 1 aromatic carbocycles. The first-order chi connectivity index (χ1) is 15.1. The van der Waals surface area contributed by atoms with Gasteiger partial charge in [0.25, 0.3) is 5.91 Å². The average Bonchev–Trinajstić information content (AvgIpc) is 3.24. The first kappa shape index (κ1) is 20.8. The predicted octanol–water partition coefficient (Wildman–Crippen LogP) is 2.90. The van der Waals surface area contributed by atoms with Crippen molar-refractivity contribution in [2.45, 2.75) is 6.92 Å². The Labute approximate surface area is 184 Å². The van der Waals surface area contributed by atoms with Gasteiger partial charge < -0.3 is 14.5 Å². The van der Waals surface area contributed by atoms with Crippen LogP contribution in [-0.4, -0.2) is 74.6 Å². The molecule has 0 atom stereocenters. The van der Waals surface area contributed by atoms with Crippen LogP contribution in [-0.2, 0) is 4.74 Å². The maximum atomic E-state index is 13.3. The van der Waals surface area contributed by atoms with Gasteiger partial charge in [-0.1, -0.05) is 28.9 Å². The molecule has 0 spiro atoms. The summed E-state index contributed by atoms with van der Waals surface area (Å²) in [4.78, 5) is 32.7. The maximum Gasteiger partial charge on any atom is 0.409 e. The van der Waals surface area contributed by atoms with Crippen LogP contribution in [0.4, 0.5) is 4.79 Å². The molecular formula is C21H21ClN6O3. The van der Waals surface area contributed by atoms with E-state index in [0.29, 0.717) is 54.8 Å². The van der Waals surface area contributed by atoms with Gasteiger partial charge in [-0.15, -0.1) is 5.10 Å². The number of carbonyl (C=O) groups excluding carboxylic acids is 2. The lowest BCUT2D eigenvalue weighted by atomic mass is 10.1. The molecule has 0 N–H and O–H groups in total. The lowest BCUT2D eigenvalue weighted by Crippen LogP contribution is -2.50. The molecule has 2 amide bonds. The molecule has 160 valence electrons. The highest BCUT2D eigenvalue weighted by Crippen LogP contribution is 2.29. The molecular weight excluding hydrogens is 420 g/mol. The van der Waals surface area contributed by atoms with E-state index < -0.39 is 0 Å². The van der Waals surface area contributed by atoms with Crippen LogP contribution >= 0.6 is 11.6 Å². The van der Waals surface area contributed by atoms with Crippen LogP contribution in [0.5, 0.6) is 0 Å². The molecule has 1 aliphatic heterocycles. The molecule has 4 rings (SSSR count). The fourth-order valence-corrected chi connectivity index (χ4v) is 3.65. The number of carbonyl (C=O) groups is 2. The summed E-state index contributed by atoms with van der Waals surface area (Å²) in [7, 11) is 0. The number of rotatable bonds is 4. The number of benzene rings is 1. The zero-order valence-electron chi connectivity index (χ0n) is 16.9. The second kappa shape index (κ2) is 9.13. The largest absolute Gasteiger partial charge is 0.450 e. The topological polar surface area (TPSA) is 93.5 Å². The molecule has 0 aliphatic carbocycles. The van der Waals surface area contributed by atoms with Crippen LogP contribution in [0.2, 0.25) is 5.02 Å². The summed E-state index contributed by atoms with van der Waals surface area (Å²) >= 11 is 6.38. The zero-order valence-corrected chi connectivity index (χ0v) is 17.7. The van der Waals surface area contributed by atoms with Gasteiger partial charge in [0.1, 0.15) is 5.69 Å². The van der Waals surface area contributed by atoms with E-state index in [2.05, 4.69) is 15.3 Å². The lowest BCUT2D eigenvalue weighted by Gasteiger charge is -2.33. The van der Waals surface area contributed by atoms with Gasteiger partial charge >= 0.3 is 6.09 Å². The van der Waals surface area contributed by atoms with Gasteiger partial charge in [-0.05, 0) is 31.2 Å². The van der Waals surface area contributed by atoms with Crippen LogP contribution in [0.1, 0.15) is 17.4 Å². The molecule has 1 saturated heterocycles. The first-order valence-electron chi connectivity index (χ1n) is 9.92. The second-order valence-corrected chi connectivity index (χ2v) is 7.28. The normalized spacial score (nSPS) is 13.9. The number of aromatic nitrogens is 4. The van der Waals surface area contributed by atoms with Crippen molar-refractivity contribution in [2.24, 2.45) is 0 Å². The van der Waals surface area contributed by atoms with Gasteiger partial charge in [0, 0.05) is 44.1 Å². The van der Waals surface area contributed by atoms with E-state index in [-0.39, 0.29) is 17.7 Å². The molecule has 0 bridgehead atoms. The van der Waals surface area contributed by atoms with Crippen molar-refractivity contribution in [3.8, 4) is 16.9 Å². The molecule has 0 radical (unpaired) electrons. The van der Waals surface area contributed by atoms with Crippen molar-refractivity contribution in [3.05, 3.63) is 59.5 Å². The van der Waals surface area contributed by atoms with E-state index in [1.54, 1.807) is 45.9 Å². The van der Waals surface area contributed by atoms with Gasteiger partial charge in [-0.3, -0.25) is 9.78 Å². The lowest BCUT2D eigenvalue weighted by molar-refractivity contribution is 0.0566. The van der Waals surface area contributed by atoms with E-state index in [1.165, 1.54) is 0 Å². The standard InChI is InChI=1S/C21H21ClN6O3/c1-2-31-21(30)27-12-10-26(11-13-27)20(29)18-19(15-6-5-9-23-14-15)28(25-24-18)17-8-4-3-7-16(17)22/h3-9,14H,2,10-13H2,1H3. The fourth-order valence-electron chi connectivity index (χ4n) is 3.44. The molecule has 1 aliphatic rings. The third-order valence-corrected chi connectivity index (χ3v) is 5.30. The number of ether oxygens (including phenoxy) is 1. The third-order valence-electron chi connectivity index (χ3n) is 4.98. The number of piperazine rings is 1. The number of hydrogen-bond donors (Lipinski definition) is 0. The zero-order chi connectivity index (χ0) is 21.8. The highest BCUT2D eigenvalue weighted by Gasteiger charge is 2.30. The predicted molar refractivity (Wildman–Crippen MR) is 114 cm³/mol. The van der Waals surface area contributed by atoms with Crippen LogP contribution < -0.4 is 0 Å². The molecule has 31 heavy (non-hydrogen) atoms. The number of pyridine rings is 1. The molecule has 10 heteroatoms. The maximum absolute atomic E-state index is 13.3. The van der Waals surface area contributed by atoms with Gasteiger partial charge in [0.05, 0.1) is 17.3 Å². The monoisotopic (exact) mass is 440 g/mol. The summed E-state index contributed by atoms with van der Waals surface area (Å²) in [5, 5.41) is 8.91. The first-order valence-corrected chi connectivity index (χ1v) is 10.3. The summed E-state index contributed by atoms with van der Waals surface area (Å²) in [6, 6.07) is 10.8. The number of nitrogens with zero attached hydrogens (tertiary/aromatic N) is 6. The van der Waals surface area contributed by atoms with Gasteiger partial charge in [-0.2, -0.15) is 0 Å². The van der Waals surface area contributed by atoms with E-state index in [9.17, 15) is 9.59 Å². The number of para-hydroxylation sites is 1. The summed E-state index contributed by atoms with van der Waals surface area (Å²) in [5.74, 6) is -0.263. The van der Waals surface area contributed by atoms with Crippen LogP contribution in [0.25, 0.3) is 16.9 Å². The summed E-state index contributed by atoms with van der Waals surface area (Å²) in [5.41, 5.74) is 2.03. The van der Waals surface area contributed by atoms with Crippen molar-refractivity contribution in [2.75, 3.05) is 32.8 Å². The molecule has 0 saturated carbocycles. The van der Waals surface area contributed by atoms with E-state index in [1.807, 2.05) is 24.3 Å². The van der Waals surface area contributed by atoms with Gasteiger partial charge in [0.2, 0.25) is 0 Å². The minimum Gasteiger partial charge on any atom is -0.450 e. The third kappa shape index (κ3) is 4.22. The van der Waals surface area contributed by atoms with Gasteiger partial charge in [0.15, 0.2) is 5.69 Å². The second-order valence-electron chi connectivity index (χ2n) is 6.87. The van der Waals surface area contributed by atoms with E-state index >= 15 is 0 Å². The van der Waals surface area contributed by atoms with E-state index in [4.69, 9.17) is 16.3 Å². The molecule has 3 aromatic rings. The Kier molecular flexibility index (Phi) is 6.13. The van der Waals surface area contributed by atoms with Crippen molar-refractivity contribution in [1.29, 1.82) is 0 Å². The molecule has 2 aromatic heterocycles. The average molecular weight is 441 g/mol. The van der Waals surface area contributed by atoms with Crippen molar-refractivity contribution < 1.29 is 14.3 Å². The van der Waals surface area contributed by atoms with Crippen molar-refractivity contribution in [1.82, 2.24) is 29.8 Å². The molecule has 1 fully saturated rings. The Bertz CT molecular complexity index is 1080. The fraction of sp³-hybridized carbons (Fsp3) is 0.286. The summed E-state index contributed by atoms with van der Waals surface area (Å²) in [6.07, 6.45) is 2.94. The Balaban J connectivity index is 1.66. The Morgan fingerprint density at radius 1 is 1.06 bits per heavy atom. The van der Waals surface area contributed by atoms with Crippen LogP contribution in [0.3, 0.4) is 0 Å². The smallest absolute Gasteiger partial charge is 0.409 e. The van der Waals surface area contributed by atoms with Gasteiger partial charge in [-0.25, -0.2) is 9.48 Å². The van der Waals surface area contributed by atoms with E-state index in [0.717, 1.165) is 0 Å². The SMILES string of the molecule is CCOC(=O)N1CCN(C(=O)c2nnn(-c3ccccc3Cl)c2-c2cccnc2)CC1. The number of amides is 2. The molecule has 9 nitrogen and oxygen atoms in total. The minimum absolute atomic E-state index is 0.206. The summed E-state index contributed by atoms with van der Waals surface area (Å²) in [6.45, 7) is 3.63. The minimum atomic E-state index is -0.365. The molecule has 3 heterocycles. The summed E-state index contributed by atoms with van der Waals surface area (Å²) < 4.78 is 6.60. The van der Waals surface area contributed by atoms with Crippen LogP contribution in [0, 0.1) is 0 Å². The van der Waals surface area contributed by atoms with Crippen molar-refractivity contribution in [3.63, 3.8) is 0 Å². The number of hydrogen-bond acceptors (Lipinski definition) is 6.